The molecular formula is C17H10N2. The molecule has 0 spiro atoms. The highest BCUT2D eigenvalue weighted by Gasteiger charge is 2.25. The Morgan fingerprint density at radius 1 is 1.05 bits per heavy atom. The van der Waals surface area contributed by atoms with Gasteiger partial charge in [-0.25, -0.2) is 10.1 Å². The van der Waals surface area contributed by atoms with Gasteiger partial charge in [-0.05, 0) is 29.2 Å². The molecule has 0 saturated carbocycles. The quantitative estimate of drug-likeness (QED) is 0.429. The lowest BCUT2D eigenvalue weighted by molar-refractivity contribution is 1.45. The molecule has 1 aliphatic carbocycles. The number of rotatable bonds is 0. The summed E-state index contributed by atoms with van der Waals surface area (Å²) < 4.78 is 0. The Morgan fingerprint density at radius 2 is 1.74 bits per heavy atom. The molecule has 0 N–H and O–H groups in total. The number of nitriles is 1. The second kappa shape index (κ2) is 4.12. The number of fused-ring (bicyclic) bond motifs is 3. The van der Waals surface area contributed by atoms with Gasteiger partial charge in [0.2, 0.25) is 0 Å². The van der Waals surface area contributed by atoms with Gasteiger partial charge in [-0.15, -0.1) is 0 Å². The molecule has 0 radical (unpaired) electrons. The summed E-state index contributed by atoms with van der Waals surface area (Å²) in [7, 11) is 0. The van der Waals surface area contributed by atoms with E-state index in [0.717, 1.165) is 33.4 Å². The second-order valence-electron chi connectivity index (χ2n) is 4.54. The predicted molar refractivity (Wildman–Crippen MR) is 74.9 cm³/mol. The van der Waals surface area contributed by atoms with Crippen LogP contribution in [0, 0.1) is 24.8 Å². The number of hydrogen-bond donors (Lipinski definition) is 0. The van der Waals surface area contributed by atoms with Crippen LogP contribution in [0.4, 0.5) is 0 Å². The number of nitrogens with zero attached hydrogens (tertiary/aromatic N) is 2. The maximum absolute atomic E-state index is 9.19. The first-order valence-electron chi connectivity index (χ1n) is 5.99. The molecule has 1 aliphatic rings. The van der Waals surface area contributed by atoms with Crippen LogP contribution in [0.25, 0.3) is 21.5 Å². The van der Waals surface area contributed by atoms with Crippen molar-refractivity contribution in [2.45, 2.75) is 6.92 Å². The molecule has 0 amide bonds. The van der Waals surface area contributed by atoms with Gasteiger partial charge in [-0.2, -0.15) is 0 Å². The summed E-state index contributed by atoms with van der Waals surface area (Å²) in [5, 5.41) is 9.19. The van der Waals surface area contributed by atoms with Gasteiger partial charge in [-0.3, -0.25) is 0 Å². The average molecular weight is 242 g/mol. The van der Waals surface area contributed by atoms with E-state index in [0.29, 0.717) is 0 Å². The zero-order valence-electron chi connectivity index (χ0n) is 10.4. The van der Waals surface area contributed by atoms with E-state index in [1.54, 1.807) is 0 Å². The molecule has 0 aliphatic heterocycles. The summed E-state index contributed by atoms with van der Waals surface area (Å²) in [4.78, 5) is 3.38. The zero-order valence-corrected chi connectivity index (χ0v) is 10.4. The average Bonchev–Trinajstić information content (AvgIpc) is 2.75. The molecule has 0 heterocycles. The van der Waals surface area contributed by atoms with Crippen molar-refractivity contribution < 1.29 is 0 Å². The highest BCUT2D eigenvalue weighted by atomic mass is 14.7. The standard InChI is InChI=1S/C17H10N2/c1-11-7-8-13-12-5-3-4-6-14(12)17(15(13)9-11)16(10-18)19-2/h3-9H,1H3/b17-16-. The third-order valence-electron chi connectivity index (χ3n) is 3.39. The first kappa shape index (κ1) is 11.3. The summed E-state index contributed by atoms with van der Waals surface area (Å²) in [5.74, 6) is 0. The highest BCUT2D eigenvalue weighted by Crippen LogP contribution is 2.45. The Labute approximate surface area is 112 Å². The summed E-state index contributed by atoms with van der Waals surface area (Å²) in [5.41, 5.74) is 6.25. The van der Waals surface area contributed by atoms with E-state index in [9.17, 15) is 5.26 Å². The summed E-state index contributed by atoms with van der Waals surface area (Å²) >= 11 is 0. The number of aryl methyl sites for hydroxylation is 1. The number of hydrogen-bond acceptors (Lipinski definition) is 1. The van der Waals surface area contributed by atoms with Crippen molar-refractivity contribution in [2.75, 3.05) is 0 Å². The van der Waals surface area contributed by atoms with Crippen molar-refractivity contribution in [1.29, 1.82) is 5.26 Å². The van der Waals surface area contributed by atoms with E-state index >= 15 is 0 Å². The third kappa shape index (κ3) is 1.55. The summed E-state index contributed by atoms with van der Waals surface area (Å²) in [6, 6.07) is 16.1. The number of allylic oxidation sites excluding steroid dienone is 1. The normalized spacial score (nSPS) is 14.1. The summed E-state index contributed by atoms with van der Waals surface area (Å²) in [6.45, 7) is 9.22. The lowest BCUT2D eigenvalue weighted by atomic mass is 10.0. The van der Waals surface area contributed by atoms with Gasteiger partial charge in [-0.1, -0.05) is 48.0 Å². The van der Waals surface area contributed by atoms with Gasteiger partial charge >= 0.3 is 0 Å². The molecule has 0 unspecified atom stereocenters. The van der Waals surface area contributed by atoms with Crippen molar-refractivity contribution in [3.05, 3.63) is 76.3 Å². The lowest BCUT2D eigenvalue weighted by Gasteiger charge is -2.03. The fourth-order valence-corrected chi connectivity index (χ4v) is 2.57. The van der Waals surface area contributed by atoms with Crippen LogP contribution in [-0.2, 0) is 0 Å². The van der Waals surface area contributed by atoms with Crippen molar-refractivity contribution in [3.8, 4) is 17.2 Å². The van der Waals surface area contributed by atoms with E-state index in [4.69, 9.17) is 6.57 Å². The Kier molecular flexibility index (Phi) is 2.44. The zero-order chi connectivity index (χ0) is 13.4. The van der Waals surface area contributed by atoms with Crippen LogP contribution in [0.1, 0.15) is 16.7 Å². The Bertz CT molecular complexity index is 783. The Hall–Kier alpha value is -2.84. The third-order valence-corrected chi connectivity index (χ3v) is 3.39. The molecular weight excluding hydrogens is 232 g/mol. The number of benzene rings is 2. The van der Waals surface area contributed by atoms with Crippen LogP contribution in [0.5, 0.6) is 0 Å². The van der Waals surface area contributed by atoms with Crippen LogP contribution in [0.3, 0.4) is 0 Å². The molecule has 0 fully saturated rings. The minimum absolute atomic E-state index is 0.164. The lowest BCUT2D eigenvalue weighted by Crippen LogP contribution is -1.86. The van der Waals surface area contributed by atoms with Crippen LogP contribution in [-0.4, -0.2) is 0 Å². The largest absolute Gasteiger partial charge is 0.270 e. The molecule has 3 rings (SSSR count). The SMILES string of the molecule is [C-]#[N+]/C(C#N)=C1/c2ccccc2-c2ccc(C)cc21. The van der Waals surface area contributed by atoms with E-state index < -0.39 is 0 Å². The van der Waals surface area contributed by atoms with Gasteiger partial charge in [0.05, 0.1) is 12.6 Å². The van der Waals surface area contributed by atoms with Gasteiger partial charge in [0.1, 0.15) is 0 Å². The molecule has 2 heteroatoms. The first-order chi connectivity index (χ1) is 9.26. The predicted octanol–water partition coefficient (Wildman–Crippen LogP) is 4.18. The maximum Gasteiger partial charge on any atom is 0.270 e. The van der Waals surface area contributed by atoms with Gasteiger partial charge < -0.3 is 0 Å². The van der Waals surface area contributed by atoms with Gasteiger partial charge in [0.25, 0.3) is 5.70 Å². The van der Waals surface area contributed by atoms with Crippen molar-refractivity contribution in [1.82, 2.24) is 0 Å². The Balaban J connectivity index is 2.47. The van der Waals surface area contributed by atoms with E-state index in [1.165, 1.54) is 0 Å². The van der Waals surface area contributed by atoms with E-state index in [2.05, 4.69) is 17.0 Å². The highest BCUT2D eigenvalue weighted by molar-refractivity contribution is 6.03. The van der Waals surface area contributed by atoms with E-state index in [-0.39, 0.29) is 5.70 Å². The van der Waals surface area contributed by atoms with Crippen LogP contribution < -0.4 is 0 Å². The van der Waals surface area contributed by atoms with Crippen molar-refractivity contribution in [2.24, 2.45) is 0 Å². The molecule has 19 heavy (non-hydrogen) atoms. The molecule has 88 valence electrons. The van der Waals surface area contributed by atoms with Crippen LogP contribution >= 0.6 is 0 Å². The monoisotopic (exact) mass is 242 g/mol. The van der Waals surface area contributed by atoms with Crippen LogP contribution in [0.2, 0.25) is 0 Å². The fourth-order valence-electron chi connectivity index (χ4n) is 2.57. The minimum atomic E-state index is 0.164. The van der Waals surface area contributed by atoms with Crippen LogP contribution in [0.15, 0.2) is 48.2 Å². The molecule has 0 bridgehead atoms. The second-order valence-corrected chi connectivity index (χ2v) is 4.54. The summed E-state index contributed by atoms with van der Waals surface area (Å²) in [6.07, 6.45) is 0. The van der Waals surface area contributed by atoms with Crippen molar-refractivity contribution in [3.63, 3.8) is 0 Å². The molecule has 2 nitrogen and oxygen atoms in total. The Morgan fingerprint density at radius 3 is 2.42 bits per heavy atom. The molecule has 2 aromatic carbocycles. The molecule has 0 saturated heterocycles. The smallest absolute Gasteiger partial charge is 0.226 e. The molecule has 0 aromatic heterocycles. The minimum Gasteiger partial charge on any atom is -0.226 e. The maximum atomic E-state index is 9.19. The van der Waals surface area contributed by atoms with Crippen molar-refractivity contribution >= 4 is 5.57 Å². The van der Waals surface area contributed by atoms with Gasteiger partial charge in [0.15, 0.2) is 0 Å². The first-order valence-corrected chi connectivity index (χ1v) is 5.99. The van der Waals surface area contributed by atoms with Gasteiger partial charge in [0, 0.05) is 5.57 Å². The molecule has 0 atom stereocenters. The fraction of sp³-hybridized carbons (Fsp3) is 0.0588. The van der Waals surface area contributed by atoms with E-state index in [1.807, 2.05) is 43.3 Å². The molecule has 2 aromatic rings. The topological polar surface area (TPSA) is 28.1 Å².